The maximum atomic E-state index is 9.07. The number of likely N-dealkylation sites (N-methyl/N-ethyl adjacent to an activating group) is 1. The molecule has 14 heavy (non-hydrogen) atoms. The first-order valence-electron chi connectivity index (χ1n) is 5.58. The van der Waals surface area contributed by atoms with Gasteiger partial charge < -0.3 is 15.3 Å². The number of aliphatic hydroxyl groups is 1. The molecular weight excluding hydrogens is 176 g/mol. The van der Waals surface area contributed by atoms with Gasteiger partial charge in [0.15, 0.2) is 0 Å². The average molecular weight is 200 g/mol. The molecule has 1 aliphatic heterocycles. The van der Waals surface area contributed by atoms with E-state index in [0.29, 0.717) is 5.41 Å². The van der Waals surface area contributed by atoms with Crippen molar-refractivity contribution in [2.45, 2.75) is 32.7 Å². The van der Waals surface area contributed by atoms with Crippen LogP contribution in [0.1, 0.15) is 26.7 Å². The lowest BCUT2D eigenvalue weighted by Crippen LogP contribution is -2.46. The van der Waals surface area contributed by atoms with E-state index in [2.05, 4.69) is 24.1 Å². The second-order valence-corrected chi connectivity index (χ2v) is 5.13. The zero-order valence-electron chi connectivity index (χ0n) is 9.71. The van der Waals surface area contributed by atoms with Gasteiger partial charge in [0.1, 0.15) is 0 Å². The first kappa shape index (κ1) is 12.0. The van der Waals surface area contributed by atoms with Crippen LogP contribution in [0.25, 0.3) is 0 Å². The Kier molecular flexibility index (Phi) is 4.35. The van der Waals surface area contributed by atoms with E-state index in [1.54, 1.807) is 0 Å². The minimum atomic E-state index is 0.233. The minimum absolute atomic E-state index is 0.233. The lowest BCUT2D eigenvalue weighted by Gasteiger charge is -2.38. The number of nitrogens with zero attached hydrogens (tertiary/aromatic N) is 1. The molecule has 1 atom stereocenters. The molecule has 1 fully saturated rings. The largest absolute Gasteiger partial charge is 0.395 e. The highest BCUT2D eigenvalue weighted by Crippen LogP contribution is 2.29. The summed E-state index contributed by atoms with van der Waals surface area (Å²) < 4.78 is 0. The summed E-state index contributed by atoms with van der Waals surface area (Å²) in [6, 6.07) is 0.233. The van der Waals surface area contributed by atoms with E-state index in [1.807, 2.05) is 7.05 Å². The number of aliphatic hydroxyl groups excluding tert-OH is 1. The standard InChI is InChI=1S/C11H24N2O/c1-11(2)4-6-13(7-5-11)8-10(9-14)12-3/h10,12,14H,4-9H2,1-3H3. The second-order valence-electron chi connectivity index (χ2n) is 5.13. The second kappa shape index (κ2) is 5.10. The monoisotopic (exact) mass is 200 g/mol. The molecule has 0 aromatic heterocycles. The normalized spacial score (nSPS) is 24.9. The fourth-order valence-corrected chi connectivity index (χ4v) is 1.89. The first-order chi connectivity index (χ1) is 6.57. The number of hydrogen-bond acceptors (Lipinski definition) is 3. The van der Waals surface area contributed by atoms with Crippen molar-refractivity contribution < 1.29 is 5.11 Å². The molecule has 1 saturated heterocycles. The lowest BCUT2D eigenvalue weighted by molar-refractivity contribution is 0.111. The quantitative estimate of drug-likeness (QED) is 0.701. The summed E-state index contributed by atoms with van der Waals surface area (Å²) in [6.45, 7) is 8.23. The Morgan fingerprint density at radius 3 is 2.36 bits per heavy atom. The van der Waals surface area contributed by atoms with Crippen molar-refractivity contribution in [1.82, 2.24) is 10.2 Å². The highest BCUT2D eigenvalue weighted by Gasteiger charge is 2.25. The highest BCUT2D eigenvalue weighted by molar-refractivity contribution is 4.80. The Labute approximate surface area is 87.5 Å². The molecule has 0 aromatic rings. The van der Waals surface area contributed by atoms with Crippen LogP contribution in [-0.4, -0.2) is 49.3 Å². The van der Waals surface area contributed by atoms with Crippen LogP contribution in [0.5, 0.6) is 0 Å². The van der Waals surface area contributed by atoms with Crippen LogP contribution in [-0.2, 0) is 0 Å². The van der Waals surface area contributed by atoms with Gasteiger partial charge in [0.05, 0.1) is 6.61 Å². The van der Waals surface area contributed by atoms with Crippen molar-refractivity contribution in [3.63, 3.8) is 0 Å². The third-order valence-electron chi connectivity index (χ3n) is 3.32. The van der Waals surface area contributed by atoms with Gasteiger partial charge in [-0.25, -0.2) is 0 Å². The molecule has 0 saturated carbocycles. The molecule has 0 radical (unpaired) electrons. The molecule has 1 rings (SSSR count). The third kappa shape index (κ3) is 3.56. The SMILES string of the molecule is CNC(CO)CN1CCC(C)(C)CC1. The molecule has 84 valence electrons. The number of hydrogen-bond donors (Lipinski definition) is 2. The first-order valence-corrected chi connectivity index (χ1v) is 5.58. The van der Waals surface area contributed by atoms with Crippen molar-refractivity contribution in [2.24, 2.45) is 5.41 Å². The average Bonchev–Trinajstić information content (AvgIpc) is 2.16. The zero-order chi connectivity index (χ0) is 10.6. The molecule has 0 spiro atoms. The van der Waals surface area contributed by atoms with Crippen LogP contribution in [0, 0.1) is 5.41 Å². The van der Waals surface area contributed by atoms with Crippen LogP contribution in [0.15, 0.2) is 0 Å². The van der Waals surface area contributed by atoms with Gasteiger partial charge in [0.25, 0.3) is 0 Å². The van der Waals surface area contributed by atoms with Crippen molar-refractivity contribution in [3.05, 3.63) is 0 Å². The maximum absolute atomic E-state index is 9.07. The fraction of sp³-hybridized carbons (Fsp3) is 1.00. The van der Waals surface area contributed by atoms with Gasteiger partial charge in [0, 0.05) is 12.6 Å². The van der Waals surface area contributed by atoms with E-state index in [1.165, 1.54) is 25.9 Å². The summed E-state index contributed by atoms with van der Waals surface area (Å²) >= 11 is 0. The van der Waals surface area contributed by atoms with E-state index in [-0.39, 0.29) is 12.6 Å². The van der Waals surface area contributed by atoms with Crippen LogP contribution < -0.4 is 5.32 Å². The van der Waals surface area contributed by atoms with E-state index in [4.69, 9.17) is 5.11 Å². The smallest absolute Gasteiger partial charge is 0.0597 e. The predicted octanol–water partition coefficient (Wildman–Crippen LogP) is 0.689. The maximum Gasteiger partial charge on any atom is 0.0597 e. The minimum Gasteiger partial charge on any atom is -0.395 e. The fourth-order valence-electron chi connectivity index (χ4n) is 1.89. The molecule has 1 heterocycles. The van der Waals surface area contributed by atoms with Gasteiger partial charge >= 0.3 is 0 Å². The predicted molar refractivity (Wildman–Crippen MR) is 59.4 cm³/mol. The van der Waals surface area contributed by atoms with Crippen molar-refractivity contribution >= 4 is 0 Å². The lowest BCUT2D eigenvalue weighted by atomic mass is 9.82. The summed E-state index contributed by atoms with van der Waals surface area (Å²) in [5.74, 6) is 0. The van der Waals surface area contributed by atoms with Crippen LogP contribution in [0.2, 0.25) is 0 Å². The van der Waals surface area contributed by atoms with Crippen molar-refractivity contribution in [2.75, 3.05) is 33.3 Å². The Morgan fingerprint density at radius 1 is 1.36 bits per heavy atom. The number of nitrogens with one attached hydrogen (secondary N) is 1. The molecule has 2 N–H and O–H groups in total. The third-order valence-corrected chi connectivity index (χ3v) is 3.32. The topological polar surface area (TPSA) is 35.5 Å². The summed E-state index contributed by atoms with van der Waals surface area (Å²) in [6.07, 6.45) is 2.55. The van der Waals surface area contributed by atoms with E-state index in [9.17, 15) is 0 Å². The summed E-state index contributed by atoms with van der Waals surface area (Å²) in [5, 5.41) is 12.2. The molecule has 3 nitrogen and oxygen atoms in total. The molecular formula is C11H24N2O. The van der Waals surface area contributed by atoms with E-state index < -0.39 is 0 Å². The van der Waals surface area contributed by atoms with Gasteiger partial charge in [0.2, 0.25) is 0 Å². The van der Waals surface area contributed by atoms with Gasteiger partial charge in [-0.15, -0.1) is 0 Å². The summed E-state index contributed by atoms with van der Waals surface area (Å²) in [4.78, 5) is 2.45. The van der Waals surface area contributed by atoms with Crippen LogP contribution >= 0.6 is 0 Å². The Hall–Kier alpha value is -0.120. The van der Waals surface area contributed by atoms with Gasteiger partial charge in [-0.1, -0.05) is 13.8 Å². The highest BCUT2D eigenvalue weighted by atomic mass is 16.3. The Morgan fingerprint density at radius 2 is 1.93 bits per heavy atom. The Balaban J connectivity index is 2.28. The molecule has 0 amide bonds. The van der Waals surface area contributed by atoms with Gasteiger partial charge in [-0.05, 0) is 38.4 Å². The molecule has 0 bridgehead atoms. The van der Waals surface area contributed by atoms with Crippen molar-refractivity contribution in [1.29, 1.82) is 0 Å². The van der Waals surface area contributed by atoms with Crippen LogP contribution in [0.4, 0.5) is 0 Å². The molecule has 1 unspecified atom stereocenters. The molecule has 0 aromatic carbocycles. The number of rotatable bonds is 4. The Bertz CT molecular complexity index is 157. The van der Waals surface area contributed by atoms with Gasteiger partial charge in [-0.3, -0.25) is 0 Å². The molecule has 3 heteroatoms. The van der Waals surface area contributed by atoms with Crippen LogP contribution in [0.3, 0.4) is 0 Å². The number of piperidine rings is 1. The number of likely N-dealkylation sites (tertiary alicyclic amines) is 1. The van der Waals surface area contributed by atoms with E-state index >= 15 is 0 Å². The van der Waals surface area contributed by atoms with Crippen molar-refractivity contribution in [3.8, 4) is 0 Å². The zero-order valence-corrected chi connectivity index (χ0v) is 9.71. The molecule has 1 aliphatic rings. The van der Waals surface area contributed by atoms with Gasteiger partial charge in [-0.2, -0.15) is 0 Å². The molecule has 0 aliphatic carbocycles. The summed E-state index contributed by atoms with van der Waals surface area (Å²) in [5.41, 5.74) is 0.519. The summed E-state index contributed by atoms with van der Waals surface area (Å²) in [7, 11) is 1.91. The van der Waals surface area contributed by atoms with E-state index in [0.717, 1.165) is 6.54 Å².